The molecule has 0 aliphatic carbocycles. The summed E-state index contributed by atoms with van der Waals surface area (Å²) in [5.74, 6) is -0.0345. The quantitative estimate of drug-likeness (QED) is 0.919. The SMILES string of the molecule is CCC(C)(C)NC(=O)c1cccc(-c2ccncc2)c1. The third kappa shape index (κ3) is 3.44. The first-order valence-corrected chi connectivity index (χ1v) is 6.85. The molecule has 3 heteroatoms. The molecule has 0 radical (unpaired) electrons. The lowest BCUT2D eigenvalue weighted by molar-refractivity contribution is 0.0911. The lowest BCUT2D eigenvalue weighted by Crippen LogP contribution is -2.42. The van der Waals surface area contributed by atoms with Gasteiger partial charge in [-0.3, -0.25) is 9.78 Å². The van der Waals surface area contributed by atoms with Crippen molar-refractivity contribution in [3.05, 3.63) is 54.4 Å². The molecule has 0 bridgehead atoms. The average molecular weight is 268 g/mol. The highest BCUT2D eigenvalue weighted by Crippen LogP contribution is 2.20. The average Bonchev–Trinajstić information content (AvgIpc) is 2.48. The van der Waals surface area contributed by atoms with E-state index in [0.717, 1.165) is 17.5 Å². The largest absolute Gasteiger partial charge is 0.347 e. The van der Waals surface area contributed by atoms with Gasteiger partial charge in [-0.2, -0.15) is 0 Å². The van der Waals surface area contributed by atoms with Gasteiger partial charge < -0.3 is 5.32 Å². The van der Waals surface area contributed by atoms with Crippen molar-refractivity contribution < 1.29 is 4.79 Å². The maximum absolute atomic E-state index is 12.3. The number of benzene rings is 1. The summed E-state index contributed by atoms with van der Waals surface area (Å²) >= 11 is 0. The Bertz CT molecular complexity index is 591. The molecule has 0 fully saturated rings. The lowest BCUT2D eigenvalue weighted by atomic mass is 10.00. The summed E-state index contributed by atoms with van der Waals surface area (Å²) in [5.41, 5.74) is 2.57. The molecule has 3 nitrogen and oxygen atoms in total. The molecule has 104 valence electrons. The molecule has 1 amide bonds. The standard InChI is InChI=1S/C17H20N2O/c1-4-17(2,3)19-16(20)15-7-5-6-14(12-15)13-8-10-18-11-9-13/h5-12H,4H2,1-3H3,(H,19,20). The fraction of sp³-hybridized carbons (Fsp3) is 0.294. The molecule has 1 aromatic heterocycles. The Labute approximate surface area is 120 Å². The fourth-order valence-electron chi connectivity index (χ4n) is 1.85. The first-order valence-electron chi connectivity index (χ1n) is 6.85. The van der Waals surface area contributed by atoms with Crippen molar-refractivity contribution in [2.75, 3.05) is 0 Å². The first kappa shape index (κ1) is 14.3. The van der Waals surface area contributed by atoms with Crippen LogP contribution in [0.25, 0.3) is 11.1 Å². The van der Waals surface area contributed by atoms with Crippen LogP contribution < -0.4 is 5.32 Å². The van der Waals surface area contributed by atoms with Gasteiger partial charge in [0.1, 0.15) is 0 Å². The molecule has 0 saturated carbocycles. The Balaban J connectivity index is 2.25. The van der Waals surface area contributed by atoms with E-state index in [1.165, 1.54) is 0 Å². The maximum Gasteiger partial charge on any atom is 0.251 e. The van der Waals surface area contributed by atoms with Crippen LogP contribution in [-0.2, 0) is 0 Å². The van der Waals surface area contributed by atoms with E-state index in [9.17, 15) is 4.79 Å². The molecular weight excluding hydrogens is 248 g/mol. The van der Waals surface area contributed by atoms with Crippen LogP contribution in [0.4, 0.5) is 0 Å². The van der Waals surface area contributed by atoms with Crippen molar-refractivity contribution >= 4 is 5.91 Å². The van der Waals surface area contributed by atoms with E-state index in [1.807, 2.05) is 50.2 Å². The Morgan fingerprint density at radius 1 is 1.15 bits per heavy atom. The van der Waals surface area contributed by atoms with E-state index < -0.39 is 0 Å². The van der Waals surface area contributed by atoms with E-state index >= 15 is 0 Å². The zero-order valence-corrected chi connectivity index (χ0v) is 12.2. The first-order chi connectivity index (χ1) is 9.52. The van der Waals surface area contributed by atoms with Gasteiger partial charge in [-0.15, -0.1) is 0 Å². The van der Waals surface area contributed by atoms with Crippen LogP contribution in [0.15, 0.2) is 48.8 Å². The van der Waals surface area contributed by atoms with Crippen molar-refractivity contribution in [2.45, 2.75) is 32.7 Å². The number of carbonyl (C=O) groups excluding carboxylic acids is 1. The summed E-state index contributed by atoms with van der Waals surface area (Å²) in [4.78, 5) is 16.3. The van der Waals surface area contributed by atoms with Gasteiger partial charge in [-0.05, 0) is 55.7 Å². The molecule has 20 heavy (non-hydrogen) atoms. The number of hydrogen-bond acceptors (Lipinski definition) is 2. The van der Waals surface area contributed by atoms with Crippen LogP contribution in [0.5, 0.6) is 0 Å². The van der Waals surface area contributed by atoms with Crippen LogP contribution >= 0.6 is 0 Å². The summed E-state index contributed by atoms with van der Waals surface area (Å²) in [7, 11) is 0. The number of pyridine rings is 1. The van der Waals surface area contributed by atoms with Gasteiger partial charge in [-0.1, -0.05) is 19.1 Å². The molecule has 1 heterocycles. The number of rotatable bonds is 4. The molecule has 0 saturated heterocycles. The molecule has 2 rings (SSSR count). The van der Waals surface area contributed by atoms with Crippen LogP contribution in [0, 0.1) is 0 Å². The second-order valence-electron chi connectivity index (χ2n) is 5.51. The molecule has 2 aromatic rings. The van der Waals surface area contributed by atoms with Gasteiger partial charge in [0.25, 0.3) is 5.91 Å². The highest BCUT2D eigenvalue weighted by Gasteiger charge is 2.18. The Hall–Kier alpha value is -2.16. The predicted molar refractivity (Wildman–Crippen MR) is 81.5 cm³/mol. The van der Waals surface area contributed by atoms with Gasteiger partial charge in [-0.25, -0.2) is 0 Å². The Morgan fingerprint density at radius 3 is 2.50 bits per heavy atom. The second-order valence-corrected chi connectivity index (χ2v) is 5.51. The highest BCUT2D eigenvalue weighted by atomic mass is 16.1. The number of nitrogens with one attached hydrogen (secondary N) is 1. The predicted octanol–water partition coefficient (Wildman–Crippen LogP) is 3.67. The van der Waals surface area contributed by atoms with E-state index in [4.69, 9.17) is 0 Å². The van der Waals surface area contributed by atoms with Crippen molar-refractivity contribution in [1.29, 1.82) is 0 Å². The van der Waals surface area contributed by atoms with E-state index in [1.54, 1.807) is 12.4 Å². The van der Waals surface area contributed by atoms with Crippen molar-refractivity contribution in [2.24, 2.45) is 0 Å². The van der Waals surface area contributed by atoms with Gasteiger partial charge >= 0.3 is 0 Å². The number of aromatic nitrogens is 1. The van der Waals surface area contributed by atoms with Crippen LogP contribution in [0.1, 0.15) is 37.6 Å². The maximum atomic E-state index is 12.3. The molecular formula is C17H20N2O. The second kappa shape index (κ2) is 5.87. The monoisotopic (exact) mass is 268 g/mol. The molecule has 0 atom stereocenters. The van der Waals surface area contributed by atoms with Crippen LogP contribution in [0.3, 0.4) is 0 Å². The van der Waals surface area contributed by atoms with Crippen molar-refractivity contribution in [3.63, 3.8) is 0 Å². The summed E-state index contributed by atoms with van der Waals surface area (Å²) in [6, 6.07) is 11.5. The Morgan fingerprint density at radius 2 is 1.85 bits per heavy atom. The number of carbonyl (C=O) groups is 1. The molecule has 0 aliphatic heterocycles. The normalized spacial score (nSPS) is 11.2. The van der Waals surface area contributed by atoms with Crippen molar-refractivity contribution in [3.8, 4) is 11.1 Å². The Kier molecular flexibility index (Phi) is 4.18. The number of nitrogens with zero attached hydrogens (tertiary/aromatic N) is 1. The van der Waals surface area contributed by atoms with Crippen LogP contribution in [-0.4, -0.2) is 16.4 Å². The lowest BCUT2D eigenvalue weighted by Gasteiger charge is -2.24. The number of amides is 1. The topological polar surface area (TPSA) is 42.0 Å². The summed E-state index contributed by atoms with van der Waals surface area (Å²) in [5, 5.41) is 3.05. The molecule has 1 aromatic carbocycles. The minimum atomic E-state index is -0.191. The molecule has 0 spiro atoms. The zero-order valence-electron chi connectivity index (χ0n) is 12.2. The third-order valence-corrected chi connectivity index (χ3v) is 3.47. The minimum Gasteiger partial charge on any atom is -0.347 e. The van der Waals surface area contributed by atoms with Crippen molar-refractivity contribution in [1.82, 2.24) is 10.3 Å². The highest BCUT2D eigenvalue weighted by molar-refractivity contribution is 5.95. The van der Waals surface area contributed by atoms with E-state index in [2.05, 4.69) is 17.2 Å². The van der Waals surface area contributed by atoms with Gasteiger partial charge in [0.15, 0.2) is 0 Å². The smallest absolute Gasteiger partial charge is 0.251 e. The summed E-state index contributed by atoms with van der Waals surface area (Å²) in [6.07, 6.45) is 4.40. The molecule has 1 N–H and O–H groups in total. The van der Waals surface area contributed by atoms with E-state index in [-0.39, 0.29) is 11.4 Å². The fourth-order valence-corrected chi connectivity index (χ4v) is 1.85. The minimum absolute atomic E-state index is 0.0345. The summed E-state index contributed by atoms with van der Waals surface area (Å²) in [6.45, 7) is 6.11. The molecule has 0 unspecified atom stereocenters. The van der Waals surface area contributed by atoms with Crippen LogP contribution in [0.2, 0.25) is 0 Å². The molecule has 0 aliphatic rings. The zero-order chi connectivity index (χ0) is 14.6. The van der Waals surface area contributed by atoms with E-state index in [0.29, 0.717) is 5.56 Å². The summed E-state index contributed by atoms with van der Waals surface area (Å²) < 4.78 is 0. The van der Waals surface area contributed by atoms with Gasteiger partial charge in [0.2, 0.25) is 0 Å². The van der Waals surface area contributed by atoms with Gasteiger partial charge in [0.05, 0.1) is 0 Å². The third-order valence-electron chi connectivity index (χ3n) is 3.47. The van der Waals surface area contributed by atoms with Gasteiger partial charge in [0, 0.05) is 23.5 Å². The number of hydrogen-bond donors (Lipinski definition) is 1.